The molecule has 104 valence electrons. The molecule has 0 unspecified atom stereocenters. The number of hydrogen-bond donors (Lipinski definition) is 1. The van der Waals surface area contributed by atoms with Gasteiger partial charge in [0.1, 0.15) is 11.5 Å². The zero-order valence-electron chi connectivity index (χ0n) is 11.8. The van der Waals surface area contributed by atoms with Crippen LogP contribution in [-0.4, -0.2) is 32.7 Å². The maximum atomic E-state index is 12.3. The second-order valence-electron chi connectivity index (χ2n) is 4.97. The largest absolute Gasteiger partial charge is 0.496 e. The van der Waals surface area contributed by atoms with Gasteiger partial charge in [0.2, 0.25) is 5.91 Å². The molecular formula is C14H20N2O3. The number of nitrogens with zero attached hydrogens (tertiary/aromatic N) is 1. The quantitative estimate of drug-likeness (QED) is 0.894. The number of carbonyl (C=O) groups is 1. The van der Waals surface area contributed by atoms with Crippen molar-refractivity contribution in [2.75, 3.05) is 26.2 Å². The summed E-state index contributed by atoms with van der Waals surface area (Å²) in [5, 5.41) is 0. The van der Waals surface area contributed by atoms with Crippen molar-refractivity contribution < 1.29 is 14.3 Å². The van der Waals surface area contributed by atoms with Crippen LogP contribution in [0, 0.1) is 6.92 Å². The Balaban J connectivity index is 2.39. The third-order valence-electron chi connectivity index (χ3n) is 3.64. The van der Waals surface area contributed by atoms with E-state index in [0.717, 1.165) is 24.2 Å². The van der Waals surface area contributed by atoms with Gasteiger partial charge in [-0.05, 0) is 31.9 Å². The van der Waals surface area contributed by atoms with Gasteiger partial charge in [0, 0.05) is 12.6 Å². The summed E-state index contributed by atoms with van der Waals surface area (Å²) in [5.41, 5.74) is 6.85. The molecule has 0 heterocycles. The number of benzene rings is 1. The summed E-state index contributed by atoms with van der Waals surface area (Å²) < 4.78 is 10.7. The number of nitrogens with two attached hydrogens (primary N) is 1. The first-order valence-corrected chi connectivity index (χ1v) is 6.23. The van der Waals surface area contributed by atoms with Crippen LogP contribution in [0.2, 0.25) is 0 Å². The lowest BCUT2D eigenvalue weighted by molar-refractivity contribution is -0.120. The van der Waals surface area contributed by atoms with Crippen LogP contribution < -0.4 is 20.1 Å². The average molecular weight is 264 g/mol. The highest BCUT2D eigenvalue weighted by atomic mass is 16.5. The lowest BCUT2D eigenvalue weighted by Crippen LogP contribution is -2.44. The fourth-order valence-electron chi connectivity index (χ4n) is 2.19. The first kappa shape index (κ1) is 13.7. The molecule has 1 aliphatic carbocycles. The molecule has 1 saturated carbocycles. The third kappa shape index (κ3) is 2.26. The minimum absolute atomic E-state index is 0.0737. The molecule has 1 aromatic carbocycles. The van der Waals surface area contributed by atoms with E-state index >= 15 is 0 Å². The van der Waals surface area contributed by atoms with E-state index in [1.54, 1.807) is 26.2 Å². The molecule has 0 bridgehead atoms. The highest BCUT2D eigenvalue weighted by molar-refractivity contribution is 6.02. The van der Waals surface area contributed by atoms with E-state index in [0.29, 0.717) is 11.4 Å². The van der Waals surface area contributed by atoms with Gasteiger partial charge in [-0.2, -0.15) is 0 Å². The van der Waals surface area contributed by atoms with Crippen molar-refractivity contribution in [2.24, 2.45) is 5.73 Å². The van der Waals surface area contributed by atoms with Gasteiger partial charge in [0.15, 0.2) is 0 Å². The summed E-state index contributed by atoms with van der Waals surface area (Å²) >= 11 is 0. The summed E-state index contributed by atoms with van der Waals surface area (Å²) in [6.07, 6.45) is 1.49. The van der Waals surface area contributed by atoms with E-state index in [9.17, 15) is 4.79 Å². The van der Waals surface area contributed by atoms with Gasteiger partial charge in [-0.1, -0.05) is 0 Å². The smallest absolute Gasteiger partial charge is 0.246 e. The van der Waals surface area contributed by atoms with Crippen LogP contribution in [0.25, 0.3) is 0 Å². The number of rotatable bonds is 4. The van der Waals surface area contributed by atoms with Crippen LogP contribution >= 0.6 is 0 Å². The van der Waals surface area contributed by atoms with Crippen LogP contribution in [-0.2, 0) is 4.79 Å². The summed E-state index contributed by atoms with van der Waals surface area (Å²) in [7, 11) is 4.91. The molecule has 0 saturated heterocycles. The predicted octanol–water partition coefficient (Wildman–Crippen LogP) is 1.47. The Morgan fingerprint density at radius 1 is 1.32 bits per heavy atom. The molecule has 1 aliphatic rings. The summed E-state index contributed by atoms with van der Waals surface area (Å²) in [5.74, 6) is 1.30. The van der Waals surface area contributed by atoms with Crippen molar-refractivity contribution in [2.45, 2.75) is 25.3 Å². The second-order valence-corrected chi connectivity index (χ2v) is 4.97. The van der Waals surface area contributed by atoms with Crippen LogP contribution in [0.1, 0.15) is 18.4 Å². The van der Waals surface area contributed by atoms with Gasteiger partial charge >= 0.3 is 0 Å². The van der Waals surface area contributed by atoms with Gasteiger partial charge in [-0.25, -0.2) is 0 Å². The maximum Gasteiger partial charge on any atom is 0.246 e. The number of ether oxygens (including phenoxy) is 2. The van der Waals surface area contributed by atoms with Crippen molar-refractivity contribution in [3.63, 3.8) is 0 Å². The van der Waals surface area contributed by atoms with Crippen molar-refractivity contribution in [1.82, 2.24) is 0 Å². The first-order valence-electron chi connectivity index (χ1n) is 6.23. The van der Waals surface area contributed by atoms with Gasteiger partial charge in [0.25, 0.3) is 0 Å². The van der Waals surface area contributed by atoms with E-state index in [4.69, 9.17) is 15.2 Å². The minimum Gasteiger partial charge on any atom is -0.496 e. The fourth-order valence-corrected chi connectivity index (χ4v) is 2.19. The standard InChI is InChI=1S/C14H20N2O3/c1-9-11(18-3)6-5-10(12(9)19-4)16(2)13(17)14(15)7-8-14/h5-6H,7-8,15H2,1-4H3. The Morgan fingerprint density at radius 3 is 2.42 bits per heavy atom. The maximum absolute atomic E-state index is 12.3. The van der Waals surface area contributed by atoms with E-state index in [-0.39, 0.29) is 5.91 Å². The Kier molecular flexibility index (Phi) is 3.41. The molecule has 2 N–H and O–H groups in total. The zero-order chi connectivity index (χ0) is 14.2. The minimum atomic E-state index is -0.687. The normalized spacial score (nSPS) is 15.8. The lowest BCUT2D eigenvalue weighted by Gasteiger charge is -2.24. The molecule has 0 spiro atoms. The van der Waals surface area contributed by atoms with Gasteiger partial charge in [-0.15, -0.1) is 0 Å². The first-order chi connectivity index (χ1) is 8.94. The Hall–Kier alpha value is -1.75. The SMILES string of the molecule is COc1ccc(N(C)C(=O)C2(N)CC2)c(OC)c1C. The van der Waals surface area contributed by atoms with E-state index in [1.165, 1.54) is 0 Å². The summed E-state index contributed by atoms with van der Waals surface area (Å²) in [4.78, 5) is 13.8. The molecule has 0 radical (unpaired) electrons. The predicted molar refractivity (Wildman–Crippen MR) is 73.8 cm³/mol. The fraction of sp³-hybridized carbons (Fsp3) is 0.500. The Morgan fingerprint density at radius 2 is 1.95 bits per heavy atom. The Labute approximate surface area is 113 Å². The number of amides is 1. The molecule has 0 aromatic heterocycles. The molecule has 0 aliphatic heterocycles. The molecule has 1 amide bonds. The second kappa shape index (κ2) is 4.74. The lowest BCUT2D eigenvalue weighted by atomic mass is 10.1. The third-order valence-corrected chi connectivity index (χ3v) is 3.64. The molecule has 0 atom stereocenters. The van der Waals surface area contributed by atoms with Gasteiger partial charge in [0.05, 0.1) is 25.4 Å². The topological polar surface area (TPSA) is 64.8 Å². The number of hydrogen-bond acceptors (Lipinski definition) is 4. The van der Waals surface area contributed by atoms with E-state index in [1.807, 2.05) is 19.1 Å². The van der Waals surface area contributed by atoms with Crippen molar-refractivity contribution >= 4 is 11.6 Å². The zero-order valence-corrected chi connectivity index (χ0v) is 11.8. The number of methoxy groups -OCH3 is 2. The molecule has 2 rings (SSSR count). The van der Waals surface area contributed by atoms with Crippen LogP contribution in [0.4, 0.5) is 5.69 Å². The molecular weight excluding hydrogens is 244 g/mol. The summed E-state index contributed by atoms with van der Waals surface area (Å²) in [6, 6.07) is 3.64. The highest BCUT2D eigenvalue weighted by Crippen LogP contribution is 2.40. The molecule has 5 heteroatoms. The molecule has 19 heavy (non-hydrogen) atoms. The average Bonchev–Trinajstić information content (AvgIpc) is 3.16. The molecule has 1 aromatic rings. The number of likely N-dealkylation sites (N-methyl/N-ethyl adjacent to an activating group) is 1. The van der Waals surface area contributed by atoms with Crippen LogP contribution in [0.15, 0.2) is 12.1 Å². The van der Waals surface area contributed by atoms with Crippen LogP contribution in [0.5, 0.6) is 11.5 Å². The number of anilines is 1. The highest BCUT2D eigenvalue weighted by Gasteiger charge is 2.48. The van der Waals surface area contributed by atoms with Gasteiger partial charge in [-0.3, -0.25) is 4.79 Å². The number of carbonyl (C=O) groups excluding carboxylic acids is 1. The molecule has 5 nitrogen and oxygen atoms in total. The van der Waals surface area contributed by atoms with Crippen LogP contribution in [0.3, 0.4) is 0 Å². The van der Waals surface area contributed by atoms with E-state index in [2.05, 4.69) is 0 Å². The van der Waals surface area contributed by atoms with Crippen molar-refractivity contribution in [1.29, 1.82) is 0 Å². The monoisotopic (exact) mass is 264 g/mol. The Bertz CT molecular complexity index is 510. The summed E-state index contributed by atoms with van der Waals surface area (Å²) in [6.45, 7) is 1.90. The van der Waals surface area contributed by atoms with E-state index < -0.39 is 5.54 Å². The van der Waals surface area contributed by atoms with Crippen molar-refractivity contribution in [3.05, 3.63) is 17.7 Å². The molecule has 1 fully saturated rings. The van der Waals surface area contributed by atoms with Gasteiger partial charge < -0.3 is 20.1 Å². The van der Waals surface area contributed by atoms with Crippen molar-refractivity contribution in [3.8, 4) is 11.5 Å².